The summed E-state index contributed by atoms with van der Waals surface area (Å²) >= 11 is 0. The number of hydrogen-bond acceptors (Lipinski definition) is 0. The second-order valence-corrected chi connectivity index (χ2v) is 7.91. The molecule has 0 aliphatic rings. The molecule has 0 spiro atoms. The molecule has 0 amide bonds. The first-order valence-corrected chi connectivity index (χ1v) is 8.75. The molecule has 0 aromatic heterocycles. The molecule has 0 bridgehead atoms. The quantitative estimate of drug-likeness (QED) is 0.323. The maximum Gasteiger partial charge on any atom is -0.00207 e. The first-order valence-electron chi connectivity index (χ1n) is 8.75. The average molecular weight is 312 g/mol. The van der Waals surface area contributed by atoms with E-state index < -0.39 is 0 Å². The third-order valence-electron chi connectivity index (χ3n) is 5.32. The minimum absolute atomic E-state index is 0.164. The van der Waals surface area contributed by atoms with Crippen LogP contribution >= 0.6 is 0 Å². The fraction of sp³-hybridized carbons (Fsp3) is 0.250. The standard InChI is InChI=1S/C24H24/c1-6-15(2)20-11-9-16-7-8-17-13-19(24(3,4)5)14-18-10-12-21(20)23(16)22(17)18/h6-14H,1-5H3. The minimum atomic E-state index is 0.164. The molecule has 0 saturated heterocycles. The van der Waals surface area contributed by atoms with E-state index in [9.17, 15) is 0 Å². The Labute approximate surface area is 144 Å². The van der Waals surface area contributed by atoms with Gasteiger partial charge in [-0.1, -0.05) is 75.4 Å². The van der Waals surface area contributed by atoms with Gasteiger partial charge in [0.15, 0.2) is 0 Å². The van der Waals surface area contributed by atoms with Gasteiger partial charge in [0, 0.05) is 0 Å². The van der Waals surface area contributed by atoms with Gasteiger partial charge >= 0.3 is 0 Å². The summed E-state index contributed by atoms with van der Waals surface area (Å²) in [6.45, 7) is 11.2. The van der Waals surface area contributed by atoms with Gasteiger partial charge in [-0.15, -0.1) is 0 Å². The molecule has 0 unspecified atom stereocenters. The molecule has 0 aliphatic heterocycles. The summed E-state index contributed by atoms with van der Waals surface area (Å²) < 4.78 is 0. The van der Waals surface area contributed by atoms with Crippen LogP contribution in [0.15, 0.2) is 54.6 Å². The van der Waals surface area contributed by atoms with E-state index in [0.29, 0.717) is 0 Å². The lowest BCUT2D eigenvalue weighted by atomic mass is 9.83. The zero-order valence-electron chi connectivity index (χ0n) is 15.2. The van der Waals surface area contributed by atoms with Crippen LogP contribution in [0.2, 0.25) is 0 Å². The summed E-state index contributed by atoms with van der Waals surface area (Å²) in [6, 6.07) is 18.4. The Hall–Kier alpha value is -2.34. The summed E-state index contributed by atoms with van der Waals surface area (Å²) in [5.74, 6) is 0. The highest BCUT2D eigenvalue weighted by atomic mass is 14.2. The van der Waals surface area contributed by atoms with Crippen molar-refractivity contribution in [3.05, 3.63) is 65.7 Å². The maximum absolute atomic E-state index is 2.37. The topological polar surface area (TPSA) is 0 Å². The van der Waals surface area contributed by atoms with Crippen molar-refractivity contribution >= 4 is 37.9 Å². The fourth-order valence-electron chi connectivity index (χ4n) is 3.75. The zero-order chi connectivity index (χ0) is 17.1. The van der Waals surface area contributed by atoms with Crippen molar-refractivity contribution in [2.45, 2.75) is 40.0 Å². The normalized spacial score (nSPS) is 13.5. The summed E-state index contributed by atoms with van der Waals surface area (Å²) in [4.78, 5) is 0. The van der Waals surface area contributed by atoms with Crippen LogP contribution in [-0.2, 0) is 5.41 Å². The van der Waals surface area contributed by atoms with Crippen LogP contribution in [0.1, 0.15) is 45.7 Å². The molecule has 0 N–H and O–H groups in total. The van der Waals surface area contributed by atoms with Gasteiger partial charge in [-0.25, -0.2) is 0 Å². The number of benzene rings is 4. The van der Waals surface area contributed by atoms with Crippen LogP contribution in [0.3, 0.4) is 0 Å². The molecule has 4 aromatic carbocycles. The van der Waals surface area contributed by atoms with Crippen LogP contribution in [0.25, 0.3) is 37.9 Å². The van der Waals surface area contributed by atoms with E-state index in [0.717, 1.165) is 0 Å². The van der Waals surface area contributed by atoms with Gasteiger partial charge in [0.2, 0.25) is 0 Å². The zero-order valence-corrected chi connectivity index (χ0v) is 15.2. The molecule has 0 aliphatic carbocycles. The molecule has 0 heteroatoms. The van der Waals surface area contributed by atoms with Crippen molar-refractivity contribution in [2.24, 2.45) is 0 Å². The van der Waals surface area contributed by atoms with Crippen molar-refractivity contribution in [2.75, 3.05) is 0 Å². The first-order chi connectivity index (χ1) is 11.4. The molecule has 0 nitrogen and oxygen atoms in total. The molecule has 0 atom stereocenters. The molecule has 0 saturated carbocycles. The van der Waals surface area contributed by atoms with Gasteiger partial charge in [0.05, 0.1) is 0 Å². The summed E-state index contributed by atoms with van der Waals surface area (Å²) in [5.41, 5.74) is 4.25. The van der Waals surface area contributed by atoms with E-state index in [1.807, 2.05) is 0 Å². The highest BCUT2D eigenvalue weighted by Crippen LogP contribution is 2.39. The van der Waals surface area contributed by atoms with Crippen molar-refractivity contribution in [1.29, 1.82) is 0 Å². The second kappa shape index (κ2) is 5.08. The smallest absolute Gasteiger partial charge is 0.00207 e. The minimum Gasteiger partial charge on any atom is -0.0841 e. The SMILES string of the molecule is CC=C(C)c1ccc2ccc3cc(C(C)(C)C)cc4ccc1c2c34. The Kier molecular flexibility index (Phi) is 3.22. The second-order valence-electron chi connectivity index (χ2n) is 7.91. The Balaban J connectivity index is 2.20. The highest BCUT2D eigenvalue weighted by molar-refractivity contribution is 6.24. The van der Waals surface area contributed by atoms with Crippen molar-refractivity contribution < 1.29 is 0 Å². The van der Waals surface area contributed by atoms with Crippen molar-refractivity contribution in [3.8, 4) is 0 Å². The Morgan fingerprint density at radius 2 is 1.38 bits per heavy atom. The van der Waals surface area contributed by atoms with E-state index in [4.69, 9.17) is 0 Å². The van der Waals surface area contributed by atoms with Gasteiger partial charge in [-0.2, -0.15) is 0 Å². The van der Waals surface area contributed by atoms with E-state index in [1.54, 1.807) is 0 Å². The summed E-state index contributed by atoms with van der Waals surface area (Å²) in [5, 5.41) is 8.22. The third kappa shape index (κ3) is 2.13. The molecule has 24 heavy (non-hydrogen) atoms. The first kappa shape index (κ1) is 15.2. The van der Waals surface area contributed by atoms with E-state index in [2.05, 4.69) is 89.2 Å². The molecule has 4 rings (SSSR count). The van der Waals surface area contributed by atoms with Gasteiger partial charge in [0.25, 0.3) is 0 Å². The Morgan fingerprint density at radius 1 is 0.792 bits per heavy atom. The van der Waals surface area contributed by atoms with E-state index in [1.165, 1.54) is 49.0 Å². The van der Waals surface area contributed by atoms with E-state index >= 15 is 0 Å². The molecule has 4 aromatic rings. The fourth-order valence-corrected chi connectivity index (χ4v) is 3.75. The van der Waals surface area contributed by atoms with Crippen molar-refractivity contribution in [1.82, 2.24) is 0 Å². The van der Waals surface area contributed by atoms with E-state index in [-0.39, 0.29) is 5.41 Å². The molecule has 120 valence electrons. The molecule has 0 radical (unpaired) electrons. The van der Waals surface area contributed by atoms with Gasteiger partial charge in [0.1, 0.15) is 0 Å². The highest BCUT2D eigenvalue weighted by Gasteiger charge is 2.17. The van der Waals surface area contributed by atoms with Gasteiger partial charge in [-0.05, 0) is 68.3 Å². The van der Waals surface area contributed by atoms with Gasteiger partial charge in [-0.3, -0.25) is 0 Å². The van der Waals surface area contributed by atoms with Crippen LogP contribution < -0.4 is 0 Å². The molecule has 0 heterocycles. The number of allylic oxidation sites excluding steroid dienone is 2. The number of rotatable bonds is 1. The van der Waals surface area contributed by atoms with Crippen molar-refractivity contribution in [3.63, 3.8) is 0 Å². The molecular formula is C24H24. The maximum atomic E-state index is 2.37. The van der Waals surface area contributed by atoms with Gasteiger partial charge < -0.3 is 0 Å². The monoisotopic (exact) mass is 312 g/mol. The summed E-state index contributed by atoms with van der Waals surface area (Å²) in [7, 11) is 0. The predicted octanol–water partition coefficient (Wildman–Crippen LogP) is 7.30. The lowest BCUT2D eigenvalue weighted by molar-refractivity contribution is 0.591. The third-order valence-corrected chi connectivity index (χ3v) is 5.32. The number of hydrogen-bond donors (Lipinski definition) is 0. The van der Waals surface area contributed by atoms with Crippen LogP contribution in [0.5, 0.6) is 0 Å². The summed E-state index contributed by atoms with van der Waals surface area (Å²) in [6.07, 6.45) is 2.20. The largest absolute Gasteiger partial charge is 0.0841 e. The predicted molar refractivity (Wildman–Crippen MR) is 108 cm³/mol. The lowest BCUT2D eigenvalue weighted by Crippen LogP contribution is -2.10. The van der Waals surface area contributed by atoms with Crippen LogP contribution in [0.4, 0.5) is 0 Å². The van der Waals surface area contributed by atoms with Crippen LogP contribution in [0, 0.1) is 0 Å². The van der Waals surface area contributed by atoms with Crippen LogP contribution in [-0.4, -0.2) is 0 Å². The molecular weight excluding hydrogens is 288 g/mol. The molecule has 0 fully saturated rings. The Morgan fingerprint density at radius 3 is 2.00 bits per heavy atom. The Bertz CT molecular complexity index is 1070. The average Bonchev–Trinajstić information content (AvgIpc) is 2.57. The lowest BCUT2D eigenvalue weighted by Gasteiger charge is -2.22.